The Kier molecular flexibility index (Phi) is 9.11. The van der Waals surface area contributed by atoms with Crippen LogP contribution in [-0.4, -0.2) is 23.6 Å². The van der Waals surface area contributed by atoms with Crippen LogP contribution in [-0.2, 0) is 0 Å². The summed E-state index contributed by atoms with van der Waals surface area (Å²) in [6.45, 7) is 9.04. The van der Waals surface area contributed by atoms with Gasteiger partial charge in [0, 0.05) is 54.3 Å². The van der Waals surface area contributed by atoms with E-state index in [1.54, 1.807) is 0 Å². The van der Waals surface area contributed by atoms with Crippen molar-refractivity contribution in [1.82, 2.24) is 20.6 Å². The predicted octanol–water partition coefficient (Wildman–Crippen LogP) is 6.09. The van der Waals surface area contributed by atoms with Crippen LogP contribution in [0, 0.1) is 0 Å². The third-order valence-electron chi connectivity index (χ3n) is 5.53. The van der Waals surface area contributed by atoms with E-state index >= 15 is 0 Å². The molecule has 5 nitrogen and oxygen atoms in total. The van der Waals surface area contributed by atoms with Gasteiger partial charge in [0.05, 0.1) is 0 Å². The van der Waals surface area contributed by atoms with Crippen molar-refractivity contribution in [1.29, 1.82) is 0 Å². The first kappa shape index (κ1) is 23.3. The fourth-order valence-electron chi connectivity index (χ4n) is 3.60. The maximum atomic E-state index is 4.67. The number of allylic oxidation sites excluding steroid dienone is 4. The van der Waals surface area contributed by atoms with E-state index in [0.29, 0.717) is 5.95 Å². The Balaban J connectivity index is 1.55. The van der Waals surface area contributed by atoms with E-state index in [1.165, 1.54) is 19.3 Å². The molecular formula is C27H35N5. The van der Waals surface area contributed by atoms with Gasteiger partial charge in [-0.25, -0.2) is 9.97 Å². The lowest BCUT2D eigenvalue weighted by Gasteiger charge is -2.25. The number of nitrogens with zero attached hydrogens (tertiary/aromatic N) is 3. The second-order valence-corrected chi connectivity index (χ2v) is 7.97. The number of para-hydroxylation sites is 1. The van der Waals surface area contributed by atoms with Crippen LogP contribution in [0.15, 0.2) is 85.5 Å². The molecule has 0 amide bonds. The lowest BCUT2D eigenvalue weighted by molar-refractivity contribution is 0.619. The second-order valence-electron chi connectivity index (χ2n) is 7.97. The van der Waals surface area contributed by atoms with Gasteiger partial charge in [0.15, 0.2) is 0 Å². The quantitative estimate of drug-likeness (QED) is 0.377. The molecule has 1 aliphatic rings. The van der Waals surface area contributed by atoms with Gasteiger partial charge in [0.25, 0.3) is 0 Å². The monoisotopic (exact) mass is 429 g/mol. The molecule has 0 aliphatic heterocycles. The number of aromatic nitrogens is 2. The average molecular weight is 430 g/mol. The number of benzene rings is 1. The van der Waals surface area contributed by atoms with Gasteiger partial charge in [-0.1, -0.05) is 56.4 Å². The van der Waals surface area contributed by atoms with Gasteiger partial charge in [0.2, 0.25) is 5.95 Å². The van der Waals surface area contributed by atoms with Crippen molar-refractivity contribution in [2.24, 2.45) is 0 Å². The van der Waals surface area contributed by atoms with Crippen LogP contribution in [0.5, 0.6) is 0 Å². The van der Waals surface area contributed by atoms with Gasteiger partial charge in [0.1, 0.15) is 0 Å². The molecular weight excluding hydrogens is 394 g/mol. The first-order valence-electron chi connectivity index (χ1n) is 11.5. The zero-order valence-electron chi connectivity index (χ0n) is 19.2. The molecule has 0 bridgehead atoms. The lowest BCUT2D eigenvalue weighted by Crippen LogP contribution is -2.19. The fraction of sp³-hybridized carbons (Fsp3) is 0.333. The molecule has 0 radical (unpaired) electrons. The van der Waals surface area contributed by atoms with E-state index in [1.807, 2.05) is 37.6 Å². The van der Waals surface area contributed by atoms with Crippen LogP contribution in [0.3, 0.4) is 0 Å². The topological polar surface area (TPSA) is 53.1 Å². The van der Waals surface area contributed by atoms with Crippen molar-refractivity contribution in [3.05, 3.63) is 91.1 Å². The van der Waals surface area contributed by atoms with E-state index < -0.39 is 0 Å². The Morgan fingerprint density at radius 2 is 1.75 bits per heavy atom. The van der Waals surface area contributed by atoms with Gasteiger partial charge in [-0.05, 0) is 50.3 Å². The summed E-state index contributed by atoms with van der Waals surface area (Å²) < 4.78 is 0. The number of unbranched alkanes of at least 4 members (excludes halogenated alkanes) is 3. The van der Waals surface area contributed by atoms with Crippen molar-refractivity contribution in [3.8, 4) is 0 Å². The molecule has 0 spiro atoms. The smallest absolute Gasteiger partial charge is 0.234 e. The normalized spacial score (nSPS) is 12.7. The van der Waals surface area contributed by atoms with Gasteiger partial charge in [-0.3, -0.25) is 4.90 Å². The molecule has 3 rings (SSSR count). The van der Waals surface area contributed by atoms with Crippen LogP contribution in [0.25, 0.3) is 5.70 Å². The van der Waals surface area contributed by atoms with Gasteiger partial charge >= 0.3 is 0 Å². The molecule has 0 atom stereocenters. The van der Waals surface area contributed by atoms with Crippen LogP contribution in [0.2, 0.25) is 0 Å². The number of anilines is 2. The summed E-state index contributed by atoms with van der Waals surface area (Å²) >= 11 is 0. The summed E-state index contributed by atoms with van der Waals surface area (Å²) in [6, 6.07) is 10.2. The summed E-state index contributed by atoms with van der Waals surface area (Å²) in [5.41, 5.74) is 5.05. The number of hydrogen-bond donors (Lipinski definition) is 2. The summed E-state index contributed by atoms with van der Waals surface area (Å²) in [5, 5.41) is 6.51. The minimum atomic E-state index is 0.661. The van der Waals surface area contributed by atoms with E-state index in [9.17, 15) is 0 Å². The molecule has 32 heavy (non-hydrogen) atoms. The molecule has 168 valence electrons. The molecule has 2 aromatic rings. The van der Waals surface area contributed by atoms with Crippen molar-refractivity contribution in [2.75, 3.05) is 18.5 Å². The molecule has 0 saturated heterocycles. The summed E-state index contributed by atoms with van der Waals surface area (Å²) in [6.07, 6.45) is 18.1. The third-order valence-corrected chi connectivity index (χ3v) is 5.53. The molecule has 2 N–H and O–H groups in total. The predicted molar refractivity (Wildman–Crippen MR) is 135 cm³/mol. The van der Waals surface area contributed by atoms with Gasteiger partial charge in [-0.2, -0.15) is 0 Å². The summed E-state index contributed by atoms with van der Waals surface area (Å²) in [5.74, 6) is 0.661. The molecule has 0 fully saturated rings. The highest BCUT2D eigenvalue weighted by Crippen LogP contribution is 2.29. The van der Waals surface area contributed by atoms with Crippen molar-refractivity contribution < 1.29 is 0 Å². The number of nitrogens with one attached hydrogen (secondary N) is 2. The molecule has 1 aromatic carbocycles. The summed E-state index contributed by atoms with van der Waals surface area (Å²) in [4.78, 5) is 11.4. The lowest BCUT2D eigenvalue weighted by atomic mass is 10.1. The molecule has 1 aromatic heterocycles. The highest BCUT2D eigenvalue weighted by atomic mass is 15.3. The first-order valence-corrected chi connectivity index (χ1v) is 11.5. The third kappa shape index (κ3) is 6.84. The highest BCUT2D eigenvalue weighted by Gasteiger charge is 2.16. The Hall–Kier alpha value is -3.34. The SMILES string of the molecule is C=C(CCCCCCNC(=C)c1cnc(N(C2=CCCC=C2)c2ccccc2)nc1)NC. The minimum Gasteiger partial charge on any atom is -0.392 e. The van der Waals surface area contributed by atoms with E-state index in [2.05, 4.69) is 69.0 Å². The number of hydrogen-bond acceptors (Lipinski definition) is 5. The zero-order chi connectivity index (χ0) is 22.6. The summed E-state index contributed by atoms with van der Waals surface area (Å²) in [7, 11) is 1.93. The molecule has 5 heteroatoms. The van der Waals surface area contributed by atoms with Crippen LogP contribution in [0.4, 0.5) is 11.6 Å². The molecule has 1 aliphatic carbocycles. The highest BCUT2D eigenvalue weighted by molar-refractivity contribution is 5.66. The standard InChI is InChI=1S/C27H35N5/c1-22(28-3)14-8-4-5-13-19-29-23(2)24-20-30-27(31-21-24)32(25-15-9-6-10-16-25)26-17-11-7-12-18-26/h6,9-11,15-18,20-21,28-29H,1-2,4-5,7-8,12-14,19H2,3H3. The maximum Gasteiger partial charge on any atom is 0.234 e. The Morgan fingerprint density at radius 1 is 1.00 bits per heavy atom. The first-order chi connectivity index (χ1) is 15.7. The van der Waals surface area contributed by atoms with Gasteiger partial charge < -0.3 is 10.6 Å². The van der Waals surface area contributed by atoms with Crippen LogP contribution >= 0.6 is 0 Å². The molecule has 1 heterocycles. The number of rotatable bonds is 13. The Morgan fingerprint density at radius 3 is 2.44 bits per heavy atom. The molecule has 0 unspecified atom stereocenters. The largest absolute Gasteiger partial charge is 0.392 e. The second kappa shape index (κ2) is 12.5. The van der Waals surface area contributed by atoms with E-state index in [-0.39, 0.29) is 0 Å². The van der Waals surface area contributed by atoms with Crippen LogP contribution < -0.4 is 15.5 Å². The molecule has 0 saturated carbocycles. The van der Waals surface area contributed by atoms with Crippen molar-refractivity contribution in [3.63, 3.8) is 0 Å². The van der Waals surface area contributed by atoms with E-state index in [0.717, 1.165) is 60.6 Å². The minimum absolute atomic E-state index is 0.661. The van der Waals surface area contributed by atoms with Crippen LogP contribution in [0.1, 0.15) is 50.5 Å². The fourth-order valence-corrected chi connectivity index (χ4v) is 3.60. The zero-order valence-corrected chi connectivity index (χ0v) is 19.2. The van der Waals surface area contributed by atoms with Crippen molar-refractivity contribution in [2.45, 2.75) is 44.9 Å². The van der Waals surface area contributed by atoms with Crippen molar-refractivity contribution >= 4 is 17.3 Å². The maximum absolute atomic E-state index is 4.67. The Labute approximate surface area is 192 Å². The average Bonchev–Trinajstić information content (AvgIpc) is 2.85. The van der Waals surface area contributed by atoms with E-state index in [4.69, 9.17) is 0 Å². The van der Waals surface area contributed by atoms with Gasteiger partial charge in [-0.15, -0.1) is 0 Å². The Bertz CT molecular complexity index is 928.